The van der Waals surface area contributed by atoms with Crippen molar-refractivity contribution in [2.24, 2.45) is 5.73 Å². The van der Waals surface area contributed by atoms with E-state index in [1.54, 1.807) is 16.2 Å². The number of nitrogens with zero attached hydrogens (tertiary/aromatic N) is 5. The Morgan fingerprint density at radius 3 is 2.27 bits per heavy atom. The second-order valence-corrected chi connectivity index (χ2v) is 14.4. The minimum Gasteiger partial charge on any atom is -0.399 e. The first-order valence-electron chi connectivity index (χ1n) is 20.0. The van der Waals surface area contributed by atoms with E-state index < -0.39 is 6.04 Å². The topological polar surface area (TPSA) is 134 Å². The number of pyridine rings is 1. The van der Waals surface area contributed by atoms with Crippen LogP contribution in [0.15, 0.2) is 83.7 Å². The maximum atomic E-state index is 13.3. The van der Waals surface area contributed by atoms with Gasteiger partial charge in [0.1, 0.15) is 16.9 Å². The van der Waals surface area contributed by atoms with Gasteiger partial charge in [-0.25, -0.2) is 9.97 Å². The second kappa shape index (κ2) is 21.3. The summed E-state index contributed by atoms with van der Waals surface area (Å²) in [5, 5.41) is 4.35. The molecule has 1 saturated heterocycles. The quantitative estimate of drug-likeness (QED) is 0.114. The zero-order chi connectivity index (χ0) is 40.8. The molecule has 4 aromatic rings. The number of fused-ring (bicyclic) bond motifs is 1. The SMILES string of the molecule is CC.CC.CCC.CN(C)c1ccc(-c2ccc(-c3nc4ccc(NCCOCCN5C(=O)CCC(N6CC7=C(CCC=C7N)C6=O)C5=O)cc4s3)cc2)cn1. The molecule has 2 aliphatic heterocycles. The maximum Gasteiger partial charge on any atom is 0.252 e. The minimum atomic E-state index is -0.657. The first-order chi connectivity index (χ1) is 27.2. The van der Waals surface area contributed by atoms with Crippen LogP contribution in [-0.2, 0) is 19.1 Å². The molecule has 1 fully saturated rings. The third kappa shape index (κ3) is 10.4. The van der Waals surface area contributed by atoms with Crippen LogP contribution in [0, 0.1) is 0 Å². The Labute approximate surface area is 336 Å². The zero-order valence-corrected chi connectivity index (χ0v) is 35.2. The van der Waals surface area contributed by atoms with Crippen molar-refractivity contribution in [1.29, 1.82) is 0 Å². The van der Waals surface area contributed by atoms with Gasteiger partial charge in [0, 0.05) is 73.5 Å². The molecule has 3 N–H and O–H groups in total. The van der Waals surface area contributed by atoms with Gasteiger partial charge in [0.2, 0.25) is 5.91 Å². The average molecular weight is 782 g/mol. The number of benzene rings is 2. The molecule has 300 valence electrons. The number of nitrogens with one attached hydrogen (secondary N) is 1. The van der Waals surface area contributed by atoms with Gasteiger partial charge in [0.25, 0.3) is 11.8 Å². The molecule has 0 radical (unpaired) electrons. The number of hydrogen-bond acceptors (Lipinski definition) is 10. The van der Waals surface area contributed by atoms with E-state index in [-0.39, 0.29) is 37.3 Å². The smallest absolute Gasteiger partial charge is 0.252 e. The first-order valence-corrected chi connectivity index (χ1v) is 20.8. The lowest BCUT2D eigenvalue weighted by atomic mass is 9.97. The monoisotopic (exact) mass is 781 g/mol. The number of thiazole rings is 1. The van der Waals surface area contributed by atoms with Crippen molar-refractivity contribution < 1.29 is 19.1 Å². The van der Waals surface area contributed by atoms with Crippen LogP contribution in [0.4, 0.5) is 11.5 Å². The molecule has 1 aliphatic carbocycles. The van der Waals surface area contributed by atoms with E-state index in [4.69, 9.17) is 15.5 Å². The molecule has 0 bridgehead atoms. The lowest BCUT2D eigenvalue weighted by Gasteiger charge is -2.35. The molecule has 7 rings (SSSR count). The van der Waals surface area contributed by atoms with Gasteiger partial charge in [-0.1, -0.05) is 78.3 Å². The van der Waals surface area contributed by atoms with Crippen molar-refractivity contribution in [3.63, 3.8) is 0 Å². The van der Waals surface area contributed by atoms with Crippen LogP contribution < -0.4 is 16.0 Å². The van der Waals surface area contributed by atoms with E-state index in [1.807, 2.05) is 77.2 Å². The fraction of sp³-hybridized carbons (Fsp3) is 0.432. The van der Waals surface area contributed by atoms with Crippen LogP contribution in [0.25, 0.3) is 31.9 Å². The molecular formula is C44H59N7O4S. The molecule has 1 atom stereocenters. The van der Waals surface area contributed by atoms with Crippen molar-refractivity contribution in [3.05, 3.63) is 83.7 Å². The number of carbonyl (C=O) groups excluding carboxylic acids is 3. The van der Waals surface area contributed by atoms with Gasteiger partial charge < -0.3 is 25.6 Å². The van der Waals surface area contributed by atoms with E-state index in [0.29, 0.717) is 43.8 Å². The highest BCUT2D eigenvalue weighted by Gasteiger charge is 2.43. The summed E-state index contributed by atoms with van der Waals surface area (Å²) in [5.74, 6) is 0.219. The van der Waals surface area contributed by atoms with E-state index in [9.17, 15) is 14.4 Å². The van der Waals surface area contributed by atoms with E-state index in [2.05, 4.69) is 60.5 Å². The molecule has 3 aliphatic rings. The number of anilines is 2. The van der Waals surface area contributed by atoms with Gasteiger partial charge in [-0.3, -0.25) is 19.3 Å². The summed E-state index contributed by atoms with van der Waals surface area (Å²) in [6, 6.07) is 17.9. The minimum absolute atomic E-state index is 0.136. The summed E-state index contributed by atoms with van der Waals surface area (Å²) in [5.41, 5.74) is 13.4. The highest BCUT2D eigenvalue weighted by molar-refractivity contribution is 7.21. The maximum absolute atomic E-state index is 13.3. The zero-order valence-electron chi connectivity index (χ0n) is 34.4. The fourth-order valence-corrected chi connectivity index (χ4v) is 7.58. The number of rotatable bonds is 11. The number of ether oxygens (including phenoxy) is 1. The van der Waals surface area contributed by atoms with Crippen molar-refractivity contribution >= 4 is 50.8 Å². The van der Waals surface area contributed by atoms with Crippen LogP contribution >= 0.6 is 11.3 Å². The summed E-state index contributed by atoms with van der Waals surface area (Å²) < 4.78 is 6.88. The van der Waals surface area contributed by atoms with Crippen molar-refractivity contribution in [3.8, 4) is 21.7 Å². The number of carbonyl (C=O) groups is 3. The largest absolute Gasteiger partial charge is 0.399 e. The Kier molecular flexibility index (Phi) is 16.6. The van der Waals surface area contributed by atoms with Crippen LogP contribution in [0.3, 0.4) is 0 Å². The number of aromatic nitrogens is 2. The molecule has 12 heteroatoms. The summed E-state index contributed by atoms with van der Waals surface area (Å²) in [4.78, 5) is 53.2. The summed E-state index contributed by atoms with van der Waals surface area (Å²) >= 11 is 1.64. The van der Waals surface area contributed by atoms with E-state index in [1.165, 1.54) is 11.3 Å². The Balaban J connectivity index is 0.000000936. The molecule has 0 spiro atoms. The predicted molar refractivity (Wildman–Crippen MR) is 231 cm³/mol. The van der Waals surface area contributed by atoms with Crippen LogP contribution in [-0.4, -0.2) is 90.5 Å². The van der Waals surface area contributed by atoms with Crippen LogP contribution in [0.5, 0.6) is 0 Å². The van der Waals surface area contributed by atoms with E-state index >= 15 is 0 Å². The number of likely N-dealkylation sites (tertiary alicyclic amines) is 1. The highest BCUT2D eigenvalue weighted by atomic mass is 32.1. The van der Waals surface area contributed by atoms with Gasteiger partial charge in [0.05, 0.1) is 30.0 Å². The molecule has 4 heterocycles. The highest BCUT2D eigenvalue weighted by Crippen LogP contribution is 2.35. The van der Waals surface area contributed by atoms with Crippen LogP contribution in [0.2, 0.25) is 0 Å². The Bertz CT molecular complexity index is 1990. The molecule has 11 nitrogen and oxygen atoms in total. The molecule has 3 amide bonds. The van der Waals surface area contributed by atoms with Gasteiger partial charge in [-0.2, -0.15) is 0 Å². The fourth-order valence-electron chi connectivity index (χ4n) is 6.57. The molecule has 2 aromatic carbocycles. The van der Waals surface area contributed by atoms with Gasteiger partial charge >= 0.3 is 0 Å². The third-order valence-corrected chi connectivity index (χ3v) is 10.3. The van der Waals surface area contributed by atoms with Crippen molar-refractivity contribution in [2.45, 2.75) is 79.7 Å². The summed E-state index contributed by atoms with van der Waals surface area (Å²) in [6.07, 6.45) is 6.98. The molecular weight excluding hydrogens is 723 g/mol. The third-order valence-electron chi connectivity index (χ3n) is 9.27. The van der Waals surface area contributed by atoms with E-state index in [0.717, 1.165) is 55.4 Å². The van der Waals surface area contributed by atoms with Gasteiger partial charge in [-0.15, -0.1) is 11.3 Å². The molecule has 2 aromatic heterocycles. The number of allylic oxidation sites excluding steroid dienone is 1. The standard InChI is InChI=1S/C37H39N7O4S.C3H8.2C2H6/c1-42(2)33-14-10-25(21-40-33)23-6-8-24(9-7-23)35-41-30-12-11-26(20-32(30)49-35)39-16-18-48-19-17-43-34(45)15-13-31(37(43)47)44-22-28-27(36(44)46)4-3-5-29(28)38;1-3-2;2*1-2/h5-12,14,20-21,31,39H,3-4,13,15-19,22,38H2,1-2H3;3H2,1-2H3;2*1-2H3. The number of nitrogens with two attached hydrogens (primary N) is 1. The first kappa shape index (κ1) is 43.7. The summed E-state index contributed by atoms with van der Waals surface area (Å²) in [7, 11) is 3.95. The van der Waals surface area contributed by atoms with Gasteiger partial charge in [0.15, 0.2) is 0 Å². The lowest BCUT2D eigenvalue weighted by Crippen LogP contribution is -2.56. The average Bonchev–Trinajstić information content (AvgIpc) is 3.80. The number of hydrogen-bond donors (Lipinski definition) is 2. The van der Waals surface area contributed by atoms with Crippen molar-refractivity contribution in [1.82, 2.24) is 19.8 Å². The summed E-state index contributed by atoms with van der Waals surface area (Å²) in [6.45, 7) is 13.9. The van der Waals surface area contributed by atoms with Gasteiger partial charge in [-0.05, 0) is 55.2 Å². The molecule has 0 saturated carbocycles. The number of imide groups is 1. The normalized spacial score (nSPS) is 16.2. The Morgan fingerprint density at radius 2 is 1.61 bits per heavy atom. The molecule has 56 heavy (non-hydrogen) atoms. The van der Waals surface area contributed by atoms with Crippen molar-refractivity contribution in [2.75, 3.05) is 57.2 Å². The Morgan fingerprint density at radius 1 is 0.911 bits per heavy atom. The Hall–Kier alpha value is -5.07. The van der Waals surface area contributed by atoms with Crippen LogP contribution in [0.1, 0.15) is 73.6 Å². The molecule has 1 unspecified atom stereocenters. The number of piperidine rings is 1. The second-order valence-electron chi connectivity index (χ2n) is 13.4. The lowest BCUT2D eigenvalue weighted by molar-refractivity contribution is -0.156. The number of amides is 3. The predicted octanol–water partition coefficient (Wildman–Crippen LogP) is 8.28.